The minimum absolute atomic E-state index is 0.397. The van der Waals surface area contributed by atoms with Crippen LogP contribution in [0.2, 0.25) is 0 Å². The molecule has 0 saturated carbocycles. The maximum Gasteiger partial charge on any atom is 0.153 e. The molecule has 0 aliphatic carbocycles. The molecule has 0 atom stereocenters. The monoisotopic (exact) mass is 247 g/mol. The van der Waals surface area contributed by atoms with E-state index >= 15 is 0 Å². The van der Waals surface area contributed by atoms with Gasteiger partial charge in [0.2, 0.25) is 0 Å². The number of benzene rings is 1. The fraction of sp³-hybridized carbons (Fsp3) is 0.429. The molecule has 0 spiro atoms. The smallest absolute Gasteiger partial charge is 0.153 e. The van der Waals surface area contributed by atoms with Crippen LogP contribution in [0.25, 0.3) is 0 Å². The molecule has 0 aliphatic rings. The van der Waals surface area contributed by atoms with E-state index in [1.165, 1.54) is 0 Å². The summed E-state index contributed by atoms with van der Waals surface area (Å²) < 4.78 is 10.6. The lowest BCUT2D eigenvalue weighted by Crippen LogP contribution is -2.13. The molecule has 0 bridgehead atoms. The Kier molecular flexibility index (Phi) is 4.73. The number of ether oxygens (including phenoxy) is 2. The first kappa shape index (κ1) is 14.0. The molecule has 0 aromatic heterocycles. The van der Waals surface area contributed by atoms with E-state index in [-0.39, 0.29) is 0 Å². The molecule has 96 valence electrons. The largest absolute Gasteiger partial charge is 0.497 e. The van der Waals surface area contributed by atoms with Crippen LogP contribution in [0.1, 0.15) is 30.6 Å². The van der Waals surface area contributed by atoms with Crippen LogP contribution in [-0.2, 0) is 0 Å². The summed E-state index contributed by atoms with van der Waals surface area (Å²) >= 11 is 0. The van der Waals surface area contributed by atoms with E-state index in [0.717, 1.165) is 6.29 Å². The zero-order chi connectivity index (χ0) is 13.6. The van der Waals surface area contributed by atoms with Gasteiger partial charge in [0.25, 0.3) is 0 Å². The number of hydrogen-bond acceptors (Lipinski definition) is 4. The minimum atomic E-state index is -0.423. The number of carbonyl (C=O) groups excluding carboxylic acids is 1. The SMILES string of the molecule is COc1ccc(OCCC(C)(C)C#N)c(C=O)c1. The number of hydrogen-bond donors (Lipinski definition) is 0. The minimum Gasteiger partial charge on any atom is -0.497 e. The van der Waals surface area contributed by atoms with Gasteiger partial charge in [-0.1, -0.05) is 0 Å². The highest BCUT2D eigenvalue weighted by Gasteiger charge is 2.16. The van der Waals surface area contributed by atoms with Crippen molar-refractivity contribution < 1.29 is 14.3 Å². The molecule has 0 unspecified atom stereocenters. The van der Waals surface area contributed by atoms with E-state index in [1.807, 2.05) is 13.8 Å². The van der Waals surface area contributed by atoms with Gasteiger partial charge in [0, 0.05) is 0 Å². The van der Waals surface area contributed by atoms with Crippen LogP contribution in [-0.4, -0.2) is 20.0 Å². The Bertz CT molecular complexity index is 461. The molecule has 0 N–H and O–H groups in total. The van der Waals surface area contributed by atoms with Crippen LogP contribution in [0, 0.1) is 16.7 Å². The van der Waals surface area contributed by atoms with Crippen molar-refractivity contribution in [1.82, 2.24) is 0 Å². The van der Waals surface area contributed by atoms with Crippen LogP contribution in [0.4, 0.5) is 0 Å². The number of carbonyl (C=O) groups is 1. The predicted octanol–water partition coefficient (Wildman–Crippen LogP) is 2.83. The number of aldehydes is 1. The highest BCUT2D eigenvalue weighted by atomic mass is 16.5. The Morgan fingerprint density at radius 3 is 2.72 bits per heavy atom. The number of nitrogens with zero attached hydrogens (tertiary/aromatic N) is 1. The third-order valence-corrected chi connectivity index (χ3v) is 2.63. The molecule has 1 aromatic carbocycles. The van der Waals surface area contributed by atoms with Crippen molar-refractivity contribution in [1.29, 1.82) is 5.26 Å². The van der Waals surface area contributed by atoms with E-state index in [0.29, 0.717) is 30.1 Å². The van der Waals surface area contributed by atoms with Gasteiger partial charge in [-0.3, -0.25) is 4.79 Å². The van der Waals surface area contributed by atoms with Gasteiger partial charge >= 0.3 is 0 Å². The van der Waals surface area contributed by atoms with Gasteiger partial charge in [-0.25, -0.2) is 0 Å². The van der Waals surface area contributed by atoms with Crippen molar-refractivity contribution in [3.8, 4) is 17.6 Å². The molecule has 1 aromatic rings. The molecule has 1 rings (SSSR count). The molecule has 18 heavy (non-hydrogen) atoms. The van der Waals surface area contributed by atoms with Crippen molar-refractivity contribution in [3.63, 3.8) is 0 Å². The Hall–Kier alpha value is -2.02. The average Bonchev–Trinajstić information content (AvgIpc) is 2.38. The zero-order valence-corrected chi connectivity index (χ0v) is 10.9. The van der Waals surface area contributed by atoms with Crippen molar-refractivity contribution in [2.45, 2.75) is 20.3 Å². The van der Waals surface area contributed by atoms with Gasteiger partial charge < -0.3 is 9.47 Å². The quantitative estimate of drug-likeness (QED) is 0.725. The molecule has 0 saturated heterocycles. The fourth-order valence-electron chi connectivity index (χ4n) is 1.35. The van der Waals surface area contributed by atoms with Crippen molar-refractivity contribution >= 4 is 6.29 Å². The number of nitriles is 1. The molecule has 4 heteroatoms. The van der Waals surface area contributed by atoms with Gasteiger partial charge in [-0.2, -0.15) is 5.26 Å². The highest BCUT2D eigenvalue weighted by Crippen LogP contribution is 2.24. The van der Waals surface area contributed by atoms with Crippen LogP contribution < -0.4 is 9.47 Å². The maximum absolute atomic E-state index is 10.9. The molecular weight excluding hydrogens is 230 g/mol. The molecular formula is C14H17NO3. The summed E-state index contributed by atoms with van der Waals surface area (Å²) in [6, 6.07) is 7.26. The Morgan fingerprint density at radius 1 is 1.44 bits per heavy atom. The van der Waals surface area contributed by atoms with Crippen LogP contribution in [0.3, 0.4) is 0 Å². The lowest BCUT2D eigenvalue weighted by atomic mass is 9.92. The average molecular weight is 247 g/mol. The first-order valence-corrected chi connectivity index (χ1v) is 5.69. The summed E-state index contributed by atoms with van der Waals surface area (Å²) in [7, 11) is 1.54. The van der Waals surface area contributed by atoms with Crippen LogP contribution >= 0.6 is 0 Å². The van der Waals surface area contributed by atoms with Gasteiger partial charge in [-0.05, 0) is 38.5 Å². The van der Waals surface area contributed by atoms with Crippen molar-refractivity contribution in [3.05, 3.63) is 23.8 Å². The van der Waals surface area contributed by atoms with E-state index in [9.17, 15) is 4.79 Å². The third kappa shape index (κ3) is 3.77. The lowest BCUT2D eigenvalue weighted by molar-refractivity contribution is 0.111. The number of rotatable bonds is 6. The first-order chi connectivity index (χ1) is 8.52. The number of methoxy groups -OCH3 is 1. The summed E-state index contributed by atoms with van der Waals surface area (Å²) in [4.78, 5) is 10.9. The van der Waals surface area contributed by atoms with Crippen LogP contribution in [0.5, 0.6) is 11.5 Å². The molecule has 0 amide bonds. The summed E-state index contributed by atoms with van der Waals surface area (Å²) in [6.45, 7) is 4.10. The highest BCUT2D eigenvalue weighted by molar-refractivity contribution is 5.80. The second kappa shape index (κ2) is 6.06. The second-order valence-corrected chi connectivity index (χ2v) is 4.62. The van der Waals surface area contributed by atoms with Crippen LogP contribution in [0.15, 0.2) is 18.2 Å². The van der Waals surface area contributed by atoms with E-state index < -0.39 is 5.41 Å². The van der Waals surface area contributed by atoms with Gasteiger partial charge in [-0.15, -0.1) is 0 Å². The summed E-state index contributed by atoms with van der Waals surface area (Å²) in [5, 5.41) is 8.88. The van der Waals surface area contributed by atoms with Crippen molar-refractivity contribution in [2.24, 2.45) is 5.41 Å². The predicted molar refractivity (Wildman–Crippen MR) is 67.9 cm³/mol. The van der Waals surface area contributed by atoms with Gasteiger partial charge in [0.1, 0.15) is 11.5 Å². The maximum atomic E-state index is 10.9. The molecule has 0 fully saturated rings. The normalized spacial score (nSPS) is 10.6. The van der Waals surface area contributed by atoms with Gasteiger partial charge in [0.05, 0.1) is 30.8 Å². The summed E-state index contributed by atoms with van der Waals surface area (Å²) in [5.41, 5.74) is 0.0254. The molecule has 0 radical (unpaired) electrons. The van der Waals surface area contributed by atoms with E-state index in [1.54, 1.807) is 25.3 Å². The van der Waals surface area contributed by atoms with Gasteiger partial charge in [0.15, 0.2) is 6.29 Å². The Balaban J connectivity index is 2.68. The fourth-order valence-corrected chi connectivity index (χ4v) is 1.35. The zero-order valence-electron chi connectivity index (χ0n) is 10.9. The summed E-state index contributed by atoms with van der Waals surface area (Å²) in [5.74, 6) is 1.13. The van der Waals surface area contributed by atoms with Crippen molar-refractivity contribution in [2.75, 3.05) is 13.7 Å². The third-order valence-electron chi connectivity index (χ3n) is 2.63. The molecule has 0 heterocycles. The summed E-state index contributed by atoms with van der Waals surface area (Å²) in [6.07, 6.45) is 1.33. The Morgan fingerprint density at radius 2 is 2.17 bits per heavy atom. The topological polar surface area (TPSA) is 59.3 Å². The lowest BCUT2D eigenvalue weighted by Gasteiger charge is -2.16. The Labute approximate surface area is 107 Å². The second-order valence-electron chi connectivity index (χ2n) is 4.62. The molecule has 4 nitrogen and oxygen atoms in total. The standard InChI is InChI=1S/C14H17NO3/c1-14(2,10-15)6-7-18-13-5-4-12(17-3)8-11(13)9-16/h4-5,8-9H,6-7H2,1-3H3. The molecule has 0 aliphatic heterocycles. The van der Waals surface area contributed by atoms with E-state index in [4.69, 9.17) is 14.7 Å². The van der Waals surface area contributed by atoms with E-state index in [2.05, 4.69) is 6.07 Å². The first-order valence-electron chi connectivity index (χ1n) is 5.69.